The Kier molecular flexibility index (Phi) is 5.16. The van der Waals surface area contributed by atoms with Crippen molar-refractivity contribution >= 4 is 16.9 Å². The first-order chi connectivity index (χ1) is 15.2. The van der Waals surface area contributed by atoms with Crippen molar-refractivity contribution in [2.75, 3.05) is 0 Å². The molecule has 156 valence electrons. The molecule has 1 N–H and O–H groups in total. The van der Waals surface area contributed by atoms with Crippen LogP contribution in [-0.4, -0.2) is 20.9 Å². The lowest BCUT2D eigenvalue weighted by Gasteiger charge is -2.11. The van der Waals surface area contributed by atoms with Crippen LogP contribution in [0.15, 0.2) is 72.9 Å². The van der Waals surface area contributed by atoms with Crippen LogP contribution in [0.25, 0.3) is 10.9 Å². The van der Waals surface area contributed by atoms with Crippen molar-refractivity contribution in [3.8, 4) is 5.75 Å². The van der Waals surface area contributed by atoms with Crippen LogP contribution >= 0.6 is 0 Å². The highest BCUT2D eigenvalue weighted by atomic mass is 16.5. The quantitative estimate of drug-likeness (QED) is 0.455. The summed E-state index contributed by atoms with van der Waals surface area (Å²) in [5.74, 6) is 0.210. The van der Waals surface area contributed by atoms with E-state index < -0.39 is 5.97 Å². The Morgan fingerprint density at radius 2 is 1.94 bits per heavy atom. The summed E-state index contributed by atoms with van der Waals surface area (Å²) in [6.07, 6.45) is 3.91. The number of carbonyl (C=O) groups is 1. The van der Waals surface area contributed by atoms with Crippen LogP contribution in [0.5, 0.6) is 5.75 Å². The van der Waals surface area contributed by atoms with Crippen molar-refractivity contribution in [2.45, 2.75) is 38.3 Å². The molecule has 1 aliphatic carbocycles. The number of hydrogen-bond acceptors (Lipinski definition) is 3. The number of rotatable bonds is 7. The van der Waals surface area contributed by atoms with Crippen molar-refractivity contribution in [2.24, 2.45) is 0 Å². The molecule has 0 fully saturated rings. The Morgan fingerprint density at radius 1 is 1.06 bits per heavy atom. The highest BCUT2D eigenvalue weighted by molar-refractivity contribution is 5.79. The minimum absolute atomic E-state index is 0.119. The predicted octanol–water partition coefficient (Wildman–Crippen LogP) is 5.17. The fourth-order valence-corrected chi connectivity index (χ4v) is 4.45. The molecule has 0 saturated heterocycles. The van der Waals surface area contributed by atoms with Crippen molar-refractivity contribution in [3.63, 3.8) is 0 Å². The standard InChI is InChI=1S/C26H24N2O3/c29-26(30)14-21-9-8-20-13-23(10-11-24(20)21)31-17-19-6-7-22-15-27-28(25(22)12-19)16-18-4-2-1-3-5-18/h1-7,10-13,15,21H,8-9,14,16-17H2,(H,29,30). The van der Waals surface area contributed by atoms with E-state index in [0.29, 0.717) is 6.61 Å². The van der Waals surface area contributed by atoms with Gasteiger partial charge >= 0.3 is 5.97 Å². The molecule has 0 saturated carbocycles. The van der Waals surface area contributed by atoms with Crippen molar-refractivity contribution in [1.29, 1.82) is 0 Å². The van der Waals surface area contributed by atoms with Crippen molar-refractivity contribution < 1.29 is 14.6 Å². The van der Waals surface area contributed by atoms with Crippen LogP contribution in [0.1, 0.15) is 41.0 Å². The summed E-state index contributed by atoms with van der Waals surface area (Å²) in [5.41, 5.74) is 5.76. The third-order valence-corrected chi connectivity index (χ3v) is 6.03. The van der Waals surface area contributed by atoms with Crippen LogP contribution in [0.4, 0.5) is 0 Å². The van der Waals surface area contributed by atoms with Crippen LogP contribution in [0, 0.1) is 0 Å². The molecule has 0 aliphatic heterocycles. The van der Waals surface area contributed by atoms with E-state index in [2.05, 4.69) is 41.5 Å². The first-order valence-corrected chi connectivity index (χ1v) is 10.6. The molecule has 1 heterocycles. The Hall–Kier alpha value is -3.60. The van der Waals surface area contributed by atoms with E-state index in [1.165, 1.54) is 11.1 Å². The molecule has 1 aromatic heterocycles. The second-order valence-electron chi connectivity index (χ2n) is 8.16. The second-order valence-corrected chi connectivity index (χ2v) is 8.16. The molecule has 1 unspecified atom stereocenters. The van der Waals surface area contributed by atoms with E-state index in [0.717, 1.165) is 47.2 Å². The molecule has 1 atom stereocenters. The highest BCUT2D eigenvalue weighted by Gasteiger charge is 2.24. The zero-order valence-electron chi connectivity index (χ0n) is 17.2. The first-order valence-electron chi connectivity index (χ1n) is 10.6. The number of hydrogen-bond donors (Lipinski definition) is 1. The number of benzene rings is 3. The van der Waals surface area contributed by atoms with Gasteiger partial charge in [-0.05, 0) is 59.2 Å². The van der Waals surface area contributed by atoms with Gasteiger partial charge in [0.2, 0.25) is 0 Å². The van der Waals surface area contributed by atoms with E-state index >= 15 is 0 Å². The van der Waals surface area contributed by atoms with Crippen molar-refractivity contribution in [3.05, 3.63) is 95.2 Å². The smallest absolute Gasteiger partial charge is 0.303 e. The molecule has 4 aromatic rings. The molecule has 5 heteroatoms. The van der Waals surface area contributed by atoms with Gasteiger partial charge in [-0.1, -0.05) is 48.5 Å². The Morgan fingerprint density at radius 3 is 2.77 bits per heavy atom. The van der Waals surface area contributed by atoms with E-state index in [-0.39, 0.29) is 12.3 Å². The molecule has 5 nitrogen and oxygen atoms in total. The molecular formula is C26H24N2O3. The molecule has 0 radical (unpaired) electrons. The van der Waals surface area contributed by atoms with Crippen LogP contribution < -0.4 is 4.74 Å². The van der Waals surface area contributed by atoms with Gasteiger partial charge in [-0.25, -0.2) is 0 Å². The lowest BCUT2D eigenvalue weighted by Crippen LogP contribution is -2.03. The molecule has 3 aromatic carbocycles. The third kappa shape index (κ3) is 4.17. The number of fused-ring (bicyclic) bond motifs is 2. The van der Waals surface area contributed by atoms with E-state index in [1.807, 2.05) is 41.2 Å². The van der Waals surface area contributed by atoms with Gasteiger partial charge in [-0.3, -0.25) is 9.48 Å². The van der Waals surface area contributed by atoms with Gasteiger partial charge in [-0.2, -0.15) is 5.10 Å². The number of carboxylic acids is 1. The largest absolute Gasteiger partial charge is 0.489 e. The predicted molar refractivity (Wildman–Crippen MR) is 119 cm³/mol. The monoisotopic (exact) mass is 412 g/mol. The van der Waals surface area contributed by atoms with Gasteiger partial charge in [0.15, 0.2) is 0 Å². The van der Waals surface area contributed by atoms with Crippen molar-refractivity contribution in [1.82, 2.24) is 9.78 Å². The SMILES string of the molecule is O=C(O)CC1CCc2cc(OCc3ccc4cnn(Cc5ccccc5)c4c3)ccc21. The van der Waals surface area contributed by atoms with Crippen LogP contribution in [-0.2, 0) is 24.4 Å². The molecule has 0 spiro atoms. The van der Waals surface area contributed by atoms with E-state index in [1.54, 1.807) is 0 Å². The minimum Gasteiger partial charge on any atom is -0.489 e. The molecule has 31 heavy (non-hydrogen) atoms. The summed E-state index contributed by atoms with van der Waals surface area (Å²) in [5, 5.41) is 14.8. The molecule has 5 rings (SSSR count). The summed E-state index contributed by atoms with van der Waals surface area (Å²) >= 11 is 0. The number of aromatic nitrogens is 2. The Balaban J connectivity index is 1.30. The summed E-state index contributed by atoms with van der Waals surface area (Å²) in [4.78, 5) is 11.1. The third-order valence-electron chi connectivity index (χ3n) is 6.03. The minimum atomic E-state index is -0.736. The van der Waals surface area contributed by atoms with Gasteiger partial charge in [0.25, 0.3) is 0 Å². The number of ether oxygens (including phenoxy) is 1. The number of aliphatic carboxylic acids is 1. The van der Waals surface area contributed by atoms with Gasteiger partial charge in [0.05, 0.1) is 24.7 Å². The normalized spacial score (nSPS) is 15.2. The number of aryl methyl sites for hydroxylation is 1. The summed E-state index contributed by atoms with van der Waals surface area (Å²) in [6.45, 7) is 1.21. The zero-order valence-corrected chi connectivity index (χ0v) is 17.2. The average Bonchev–Trinajstić information content (AvgIpc) is 3.36. The van der Waals surface area contributed by atoms with E-state index in [9.17, 15) is 4.79 Å². The Bertz CT molecular complexity index is 1230. The molecular weight excluding hydrogens is 388 g/mol. The maximum atomic E-state index is 11.1. The summed E-state index contributed by atoms with van der Waals surface area (Å²) < 4.78 is 8.09. The number of carboxylic acid groups (broad SMARTS) is 1. The van der Waals surface area contributed by atoms with Gasteiger partial charge in [0, 0.05) is 5.39 Å². The van der Waals surface area contributed by atoms with Crippen LogP contribution in [0.3, 0.4) is 0 Å². The molecule has 0 amide bonds. The second kappa shape index (κ2) is 8.26. The van der Waals surface area contributed by atoms with Gasteiger partial charge < -0.3 is 9.84 Å². The zero-order chi connectivity index (χ0) is 21.2. The number of nitrogens with zero attached hydrogens (tertiary/aromatic N) is 2. The highest BCUT2D eigenvalue weighted by Crippen LogP contribution is 2.37. The topological polar surface area (TPSA) is 64.3 Å². The fraction of sp³-hybridized carbons (Fsp3) is 0.231. The maximum Gasteiger partial charge on any atom is 0.303 e. The summed E-state index contributed by atoms with van der Waals surface area (Å²) in [7, 11) is 0. The summed E-state index contributed by atoms with van der Waals surface area (Å²) in [6, 6.07) is 22.7. The van der Waals surface area contributed by atoms with E-state index in [4.69, 9.17) is 9.84 Å². The Labute approximate surface area is 180 Å². The fourth-order valence-electron chi connectivity index (χ4n) is 4.45. The van der Waals surface area contributed by atoms with Gasteiger partial charge in [0.1, 0.15) is 12.4 Å². The lowest BCUT2D eigenvalue weighted by atomic mass is 9.98. The average molecular weight is 412 g/mol. The molecule has 0 bridgehead atoms. The first kappa shape index (κ1) is 19.4. The van der Waals surface area contributed by atoms with Crippen LogP contribution in [0.2, 0.25) is 0 Å². The lowest BCUT2D eigenvalue weighted by molar-refractivity contribution is -0.137. The maximum absolute atomic E-state index is 11.1. The molecule has 1 aliphatic rings. The van der Waals surface area contributed by atoms with Gasteiger partial charge in [-0.15, -0.1) is 0 Å².